The van der Waals surface area contributed by atoms with Crippen molar-refractivity contribution in [3.05, 3.63) is 53.1 Å². The van der Waals surface area contributed by atoms with Gasteiger partial charge in [0.25, 0.3) is 0 Å². The molecule has 0 bridgehead atoms. The molecule has 5 N–H and O–H groups in total. The number of nitrogens with one attached hydrogen (secondary N) is 3. The molecule has 1 saturated heterocycles. The zero-order valence-electron chi connectivity index (χ0n) is 19.4. The predicted molar refractivity (Wildman–Crippen MR) is 126 cm³/mol. The number of hydrogen-bond acceptors (Lipinski definition) is 5. The van der Waals surface area contributed by atoms with Gasteiger partial charge in [0, 0.05) is 17.8 Å². The standard InChI is InChI=1S/C25H30N4O4/c1-24(2,3)11-14-5-7-17-16(9-14)25(23(32)29-17)12-19(27-13-25)22(31)28-18-8-6-15(21(26)30)10-20(18)33-4/h5-10,19,27H,11-13H2,1-4H3,(H2,26,30)(H,28,31)(H,29,32). The van der Waals surface area contributed by atoms with Crippen molar-refractivity contribution in [2.45, 2.75) is 45.1 Å². The normalized spacial score (nSPS) is 21.6. The number of fused-ring (bicyclic) bond motifs is 2. The van der Waals surface area contributed by atoms with E-state index in [0.717, 1.165) is 17.7 Å². The summed E-state index contributed by atoms with van der Waals surface area (Å²) in [6.45, 7) is 6.92. The van der Waals surface area contributed by atoms with Crippen molar-refractivity contribution in [3.63, 3.8) is 0 Å². The fourth-order valence-electron chi connectivity index (χ4n) is 4.70. The molecule has 0 aliphatic carbocycles. The molecule has 33 heavy (non-hydrogen) atoms. The van der Waals surface area contributed by atoms with Gasteiger partial charge in [-0.25, -0.2) is 0 Å². The van der Waals surface area contributed by atoms with Gasteiger partial charge < -0.3 is 26.4 Å². The molecule has 0 radical (unpaired) electrons. The Morgan fingerprint density at radius 2 is 1.97 bits per heavy atom. The van der Waals surface area contributed by atoms with Crippen LogP contribution in [0.2, 0.25) is 0 Å². The fourth-order valence-corrected chi connectivity index (χ4v) is 4.70. The lowest BCUT2D eigenvalue weighted by atomic mass is 9.78. The molecule has 0 aromatic heterocycles. The van der Waals surface area contributed by atoms with Gasteiger partial charge in [-0.15, -0.1) is 0 Å². The van der Waals surface area contributed by atoms with E-state index in [1.807, 2.05) is 6.07 Å². The predicted octanol–water partition coefficient (Wildman–Crippen LogP) is 2.57. The van der Waals surface area contributed by atoms with E-state index in [1.54, 1.807) is 6.07 Å². The van der Waals surface area contributed by atoms with Gasteiger partial charge >= 0.3 is 0 Å². The molecule has 1 spiro atoms. The molecule has 2 heterocycles. The second kappa shape index (κ2) is 8.19. The van der Waals surface area contributed by atoms with Crippen molar-refractivity contribution in [1.82, 2.24) is 5.32 Å². The van der Waals surface area contributed by atoms with Crippen molar-refractivity contribution in [1.29, 1.82) is 0 Å². The van der Waals surface area contributed by atoms with Gasteiger partial charge in [-0.2, -0.15) is 0 Å². The van der Waals surface area contributed by atoms with Crippen LogP contribution in [0.15, 0.2) is 36.4 Å². The number of ether oxygens (including phenoxy) is 1. The fraction of sp³-hybridized carbons (Fsp3) is 0.400. The van der Waals surface area contributed by atoms with Crippen LogP contribution in [0.5, 0.6) is 5.75 Å². The number of rotatable bonds is 5. The number of hydrogen-bond donors (Lipinski definition) is 4. The summed E-state index contributed by atoms with van der Waals surface area (Å²) in [5.74, 6) is -0.605. The van der Waals surface area contributed by atoms with Crippen LogP contribution in [0.1, 0.15) is 48.7 Å². The first-order valence-corrected chi connectivity index (χ1v) is 11.0. The molecule has 2 aromatic rings. The molecule has 3 amide bonds. The monoisotopic (exact) mass is 450 g/mol. The second-order valence-electron chi connectivity index (χ2n) is 10.1. The van der Waals surface area contributed by atoms with E-state index in [4.69, 9.17) is 10.5 Å². The summed E-state index contributed by atoms with van der Waals surface area (Å²) < 4.78 is 5.30. The topological polar surface area (TPSA) is 123 Å². The van der Waals surface area contributed by atoms with Gasteiger partial charge in [-0.05, 0) is 53.6 Å². The maximum absolute atomic E-state index is 13.1. The van der Waals surface area contributed by atoms with E-state index in [-0.39, 0.29) is 22.8 Å². The van der Waals surface area contributed by atoms with Crippen LogP contribution in [-0.2, 0) is 21.4 Å². The molecule has 1 fully saturated rings. The minimum atomic E-state index is -0.787. The molecule has 4 rings (SSSR count). The highest BCUT2D eigenvalue weighted by Crippen LogP contribution is 2.44. The number of methoxy groups -OCH3 is 1. The largest absolute Gasteiger partial charge is 0.495 e. The van der Waals surface area contributed by atoms with Gasteiger partial charge in [0.2, 0.25) is 17.7 Å². The molecule has 8 heteroatoms. The second-order valence-corrected chi connectivity index (χ2v) is 10.1. The minimum Gasteiger partial charge on any atom is -0.495 e. The number of anilines is 2. The summed E-state index contributed by atoms with van der Waals surface area (Å²) in [6.07, 6.45) is 1.24. The molecule has 2 aliphatic heterocycles. The summed E-state index contributed by atoms with van der Waals surface area (Å²) in [5, 5.41) is 9.06. The number of nitrogens with two attached hydrogens (primary N) is 1. The highest BCUT2D eigenvalue weighted by atomic mass is 16.5. The van der Waals surface area contributed by atoms with Crippen molar-refractivity contribution in [2.75, 3.05) is 24.3 Å². The summed E-state index contributed by atoms with van der Waals surface area (Å²) in [4.78, 5) is 37.5. The zero-order chi connectivity index (χ0) is 24.0. The van der Waals surface area contributed by atoms with Crippen LogP contribution < -0.4 is 26.4 Å². The molecule has 0 saturated carbocycles. The first-order valence-electron chi connectivity index (χ1n) is 11.0. The molecule has 2 atom stereocenters. The molecule has 174 valence electrons. The Labute approximate surface area is 193 Å². The number of benzene rings is 2. The summed E-state index contributed by atoms with van der Waals surface area (Å²) in [6, 6.07) is 10.2. The third-order valence-corrected chi connectivity index (χ3v) is 6.28. The Hall–Kier alpha value is -3.39. The van der Waals surface area contributed by atoms with Crippen LogP contribution in [0.25, 0.3) is 0 Å². The van der Waals surface area contributed by atoms with Crippen molar-refractivity contribution < 1.29 is 19.1 Å². The van der Waals surface area contributed by atoms with Crippen molar-refractivity contribution >= 4 is 29.1 Å². The average Bonchev–Trinajstić information content (AvgIpc) is 3.30. The molecule has 2 aromatic carbocycles. The van der Waals surface area contributed by atoms with E-state index in [9.17, 15) is 14.4 Å². The minimum absolute atomic E-state index is 0.0865. The van der Waals surface area contributed by atoms with Crippen molar-refractivity contribution in [3.8, 4) is 5.75 Å². The molecular weight excluding hydrogens is 420 g/mol. The van der Waals surface area contributed by atoms with Gasteiger partial charge in [0.1, 0.15) is 5.75 Å². The third-order valence-electron chi connectivity index (χ3n) is 6.28. The quantitative estimate of drug-likeness (QED) is 0.558. The third kappa shape index (κ3) is 4.30. The maximum Gasteiger partial charge on any atom is 0.248 e. The van der Waals surface area contributed by atoms with E-state index >= 15 is 0 Å². The SMILES string of the molecule is COc1cc(C(N)=O)ccc1NC(=O)C1CC2(CN1)C(=O)Nc1ccc(CC(C)(C)C)cc12. The Balaban J connectivity index is 1.55. The van der Waals surface area contributed by atoms with Crippen molar-refractivity contribution in [2.24, 2.45) is 11.1 Å². The number of carbonyl (C=O) groups is 3. The maximum atomic E-state index is 13.1. The Morgan fingerprint density at radius 1 is 1.21 bits per heavy atom. The zero-order valence-corrected chi connectivity index (χ0v) is 19.4. The summed E-state index contributed by atoms with van der Waals surface area (Å²) >= 11 is 0. The van der Waals surface area contributed by atoms with Crippen LogP contribution in [0.4, 0.5) is 11.4 Å². The number of primary amides is 1. The van der Waals surface area contributed by atoms with Crippen LogP contribution in [0.3, 0.4) is 0 Å². The summed E-state index contributed by atoms with van der Waals surface area (Å²) in [5.41, 5.74) is 8.30. The molecule has 2 aliphatic rings. The smallest absolute Gasteiger partial charge is 0.248 e. The lowest BCUT2D eigenvalue weighted by Gasteiger charge is -2.23. The Bertz CT molecular complexity index is 1140. The van der Waals surface area contributed by atoms with Gasteiger partial charge in [-0.1, -0.05) is 32.9 Å². The molecule has 8 nitrogen and oxygen atoms in total. The lowest BCUT2D eigenvalue weighted by molar-refractivity contribution is -0.120. The Kier molecular flexibility index (Phi) is 5.66. The van der Waals surface area contributed by atoms with Crippen LogP contribution in [-0.4, -0.2) is 37.4 Å². The highest BCUT2D eigenvalue weighted by molar-refractivity contribution is 6.08. The van der Waals surface area contributed by atoms with E-state index < -0.39 is 17.4 Å². The van der Waals surface area contributed by atoms with Gasteiger partial charge in [0.15, 0.2) is 0 Å². The highest BCUT2D eigenvalue weighted by Gasteiger charge is 2.53. The van der Waals surface area contributed by atoms with E-state index in [2.05, 4.69) is 48.9 Å². The van der Waals surface area contributed by atoms with Crippen LogP contribution in [0, 0.1) is 5.41 Å². The van der Waals surface area contributed by atoms with Gasteiger partial charge in [0.05, 0.1) is 24.3 Å². The Morgan fingerprint density at radius 3 is 2.64 bits per heavy atom. The molecular formula is C25H30N4O4. The molecule has 2 unspecified atom stereocenters. The van der Waals surface area contributed by atoms with Gasteiger partial charge in [-0.3, -0.25) is 14.4 Å². The average molecular weight is 451 g/mol. The first-order chi connectivity index (χ1) is 15.5. The van der Waals surface area contributed by atoms with E-state index in [1.165, 1.54) is 24.8 Å². The lowest BCUT2D eigenvalue weighted by Crippen LogP contribution is -2.36. The number of carbonyl (C=O) groups excluding carboxylic acids is 3. The van der Waals surface area contributed by atoms with Crippen LogP contribution >= 0.6 is 0 Å². The van der Waals surface area contributed by atoms with E-state index in [0.29, 0.717) is 24.4 Å². The summed E-state index contributed by atoms with van der Waals surface area (Å²) in [7, 11) is 1.45. The first kappa shape index (κ1) is 22.8. The number of amides is 3.